The number of fused-ring (bicyclic) bond motifs is 2. The molecule has 0 aliphatic heterocycles. The van der Waals surface area contributed by atoms with Gasteiger partial charge in [-0.05, 0) is 73.5 Å². The van der Waals surface area contributed by atoms with E-state index in [0.717, 1.165) is 23.0 Å². The van der Waals surface area contributed by atoms with Gasteiger partial charge in [0.05, 0.1) is 0 Å². The molecular weight excluding hydrogens is 292 g/mol. The molecule has 0 aromatic rings. The standard InChI is InChI=1S/C19H36S2/c1-3-5-7-8-11-21-19-15-17-14-18(19)13-16(17)9-12-20-10-6-4-2/h16-19H,3-15H2,1-2H3. The molecule has 2 aliphatic carbocycles. The number of rotatable bonds is 12. The van der Waals surface area contributed by atoms with Crippen LogP contribution in [0.15, 0.2) is 0 Å². The largest absolute Gasteiger partial charge is 0.162 e. The molecule has 2 rings (SSSR count). The molecule has 124 valence electrons. The normalized spacial score (nSPS) is 31.1. The molecule has 0 aromatic carbocycles. The van der Waals surface area contributed by atoms with Crippen molar-refractivity contribution >= 4 is 23.5 Å². The first-order valence-electron chi connectivity index (χ1n) is 9.54. The summed E-state index contributed by atoms with van der Waals surface area (Å²) in [7, 11) is 0. The first-order valence-corrected chi connectivity index (χ1v) is 11.7. The van der Waals surface area contributed by atoms with E-state index in [-0.39, 0.29) is 0 Å². The molecule has 0 radical (unpaired) electrons. The summed E-state index contributed by atoms with van der Waals surface area (Å²) in [6.45, 7) is 4.61. The van der Waals surface area contributed by atoms with Crippen LogP contribution in [0, 0.1) is 17.8 Å². The highest BCUT2D eigenvalue weighted by atomic mass is 32.2. The summed E-state index contributed by atoms with van der Waals surface area (Å²) < 4.78 is 0. The van der Waals surface area contributed by atoms with Gasteiger partial charge in [-0.3, -0.25) is 0 Å². The molecule has 2 aliphatic rings. The molecule has 2 heteroatoms. The molecule has 2 saturated carbocycles. The lowest BCUT2D eigenvalue weighted by atomic mass is 9.87. The van der Waals surface area contributed by atoms with Crippen LogP contribution in [0.4, 0.5) is 0 Å². The summed E-state index contributed by atoms with van der Waals surface area (Å²) in [6.07, 6.45) is 14.7. The van der Waals surface area contributed by atoms with Crippen LogP contribution in [0.2, 0.25) is 0 Å². The second kappa shape index (κ2) is 10.5. The van der Waals surface area contributed by atoms with Crippen molar-refractivity contribution < 1.29 is 0 Å². The van der Waals surface area contributed by atoms with Gasteiger partial charge in [-0.15, -0.1) is 0 Å². The zero-order valence-corrected chi connectivity index (χ0v) is 16.0. The van der Waals surface area contributed by atoms with Crippen molar-refractivity contribution in [1.82, 2.24) is 0 Å². The van der Waals surface area contributed by atoms with Gasteiger partial charge in [0.2, 0.25) is 0 Å². The fourth-order valence-corrected chi connectivity index (χ4v) is 6.96. The molecule has 0 heterocycles. The van der Waals surface area contributed by atoms with Crippen LogP contribution in [-0.4, -0.2) is 22.5 Å². The predicted molar refractivity (Wildman–Crippen MR) is 102 cm³/mol. The lowest BCUT2D eigenvalue weighted by Crippen LogP contribution is -2.20. The lowest BCUT2D eigenvalue weighted by molar-refractivity contribution is 0.332. The number of hydrogen-bond acceptors (Lipinski definition) is 2. The van der Waals surface area contributed by atoms with Crippen molar-refractivity contribution in [2.75, 3.05) is 17.3 Å². The molecule has 0 spiro atoms. The maximum Gasteiger partial charge on any atom is 0.00782 e. The zero-order chi connectivity index (χ0) is 14.9. The average molecular weight is 329 g/mol. The minimum atomic E-state index is 1.04. The smallest absolute Gasteiger partial charge is 0.00782 e. The van der Waals surface area contributed by atoms with Crippen LogP contribution < -0.4 is 0 Å². The molecule has 0 saturated heterocycles. The highest BCUT2D eigenvalue weighted by molar-refractivity contribution is 8.00. The van der Waals surface area contributed by atoms with Crippen molar-refractivity contribution in [2.24, 2.45) is 17.8 Å². The first-order chi connectivity index (χ1) is 10.3. The zero-order valence-electron chi connectivity index (χ0n) is 14.3. The predicted octanol–water partition coefficient (Wildman–Crippen LogP) is 6.64. The number of hydrogen-bond donors (Lipinski definition) is 0. The van der Waals surface area contributed by atoms with Gasteiger partial charge in [-0.2, -0.15) is 23.5 Å². The summed E-state index contributed by atoms with van der Waals surface area (Å²) in [5, 5.41) is 1.04. The van der Waals surface area contributed by atoms with E-state index >= 15 is 0 Å². The molecular formula is C19H36S2. The molecule has 21 heavy (non-hydrogen) atoms. The Morgan fingerprint density at radius 2 is 1.62 bits per heavy atom. The molecule has 0 N–H and O–H groups in total. The van der Waals surface area contributed by atoms with Crippen molar-refractivity contribution in [1.29, 1.82) is 0 Å². The molecule has 2 bridgehead atoms. The Bertz CT molecular complexity index is 240. The summed E-state index contributed by atoms with van der Waals surface area (Å²) in [5.74, 6) is 7.56. The van der Waals surface area contributed by atoms with Crippen molar-refractivity contribution in [3.63, 3.8) is 0 Å². The highest BCUT2D eigenvalue weighted by Gasteiger charge is 2.45. The first kappa shape index (κ1) is 18.0. The van der Waals surface area contributed by atoms with Gasteiger partial charge in [0.15, 0.2) is 0 Å². The third kappa shape index (κ3) is 6.01. The molecule has 4 unspecified atom stereocenters. The minimum absolute atomic E-state index is 1.04. The summed E-state index contributed by atoms with van der Waals surface area (Å²) >= 11 is 4.54. The van der Waals surface area contributed by atoms with Crippen molar-refractivity contribution in [2.45, 2.75) is 83.3 Å². The van der Waals surface area contributed by atoms with E-state index in [9.17, 15) is 0 Å². The average Bonchev–Trinajstić information content (AvgIpc) is 3.06. The van der Waals surface area contributed by atoms with Gasteiger partial charge < -0.3 is 0 Å². The van der Waals surface area contributed by atoms with Gasteiger partial charge >= 0.3 is 0 Å². The van der Waals surface area contributed by atoms with Gasteiger partial charge in [0.25, 0.3) is 0 Å². The maximum absolute atomic E-state index is 2.33. The summed E-state index contributed by atoms with van der Waals surface area (Å²) in [6, 6.07) is 0. The Morgan fingerprint density at radius 3 is 2.33 bits per heavy atom. The third-order valence-corrected chi connectivity index (χ3v) is 8.18. The molecule has 2 fully saturated rings. The van der Waals surface area contributed by atoms with E-state index in [1.54, 1.807) is 19.3 Å². The minimum Gasteiger partial charge on any atom is -0.162 e. The van der Waals surface area contributed by atoms with E-state index in [4.69, 9.17) is 0 Å². The van der Waals surface area contributed by atoms with E-state index in [1.165, 1.54) is 62.2 Å². The lowest BCUT2D eigenvalue weighted by Gasteiger charge is -2.27. The molecule has 0 aromatic heterocycles. The fourth-order valence-electron chi connectivity index (χ4n) is 4.25. The van der Waals surface area contributed by atoms with Crippen LogP contribution >= 0.6 is 23.5 Å². The summed E-state index contributed by atoms with van der Waals surface area (Å²) in [4.78, 5) is 0. The topological polar surface area (TPSA) is 0 Å². The van der Waals surface area contributed by atoms with Crippen LogP contribution in [0.25, 0.3) is 0 Å². The van der Waals surface area contributed by atoms with Crippen LogP contribution in [-0.2, 0) is 0 Å². The monoisotopic (exact) mass is 328 g/mol. The molecule has 0 nitrogen and oxygen atoms in total. The van der Waals surface area contributed by atoms with Crippen LogP contribution in [0.5, 0.6) is 0 Å². The second-order valence-corrected chi connectivity index (χ2v) is 9.78. The van der Waals surface area contributed by atoms with E-state index in [1.807, 2.05) is 0 Å². The van der Waals surface area contributed by atoms with Gasteiger partial charge in [0.1, 0.15) is 0 Å². The highest BCUT2D eigenvalue weighted by Crippen LogP contribution is 2.53. The van der Waals surface area contributed by atoms with E-state index in [2.05, 4.69) is 37.4 Å². The third-order valence-electron chi connectivity index (χ3n) is 5.54. The van der Waals surface area contributed by atoms with E-state index < -0.39 is 0 Å². The Balaban J connectivity index is 1.52. The Labute approximate surface area is 142 Å². The van der Waals surface area contributed by atoms with Gasteiger partial charge in [0, 0.05) is 5.25 Å². The maximum atomic E-state index is 2.33. The van der Waals surface area contributed by atoms with E-state index in [0.29, 0.717) is 0 Å². The Kier molecular flexibility index (Phi) is 9.00. The second-order valence-electron chi connectivity index (χ2n) is 7.21. The number of thioether (sulfide) groups is 2. The summed E-state index contributed by atoms with van der Waals surface area (Å²) in [5.41, 5.74) is 0. The quantitative estimate of drug-likeness (QED) is 0.368. The van der Waals surface area contributed by atoms with Crippen molar-refractivity contribution in [3.8, 4) is 0 Å². The Morgan fingerprint density at radius 1 is 0.762 bits per heavy atom. The molecule has 0 amide bonds. The van der Waals surface area contributed by atoms with Gasteiger partial charge in [-0.1, -0.05) is 39.5 Å². The van der Waals surface area contributed by atoms with Gasteiger partial charge in [-0.25, -0.2) is 0 Å². The van der Waals surface area contributed by atoms with Crippen molar-refractivity contribution in [3.05, 3.63) is 0 Å². The SMILES string of the molecule is CCCCCCSC1CC2CC1CC2CCSCCCC. The van der Waals surface area contributed by atoms with Crippen LogP contribution in [0.1, 0.15) is 78.1 Å². The Hall–Kier alpha value is 0.700. The van der Waals surface area contributed by atoms with Crippen LogP contribution in [0.3, 0.4) is 0 Å². The fraction of sp³-hybridized carbons (Fsp3) is 1.00. The molecule has 4 atom stereocenters. The number of unbranched alkanes of at least 4 members (excludes halogenated alkanes) is 4.